The molecule has 5 heteroatoms. The summed E-state index contributed by atoms with van der Waals surface area (Å²) < 4.78 is 13.7. The lowest BCUT2D eigenvalue weighted by atomic mass is 10.2. The lowest BCUT2D eigenvalue weighted by Crippen LogP contribution is -2.01. The molecule has 0 radical (unpaired) electrons. The van der Waals surface area contributed by atoms with E-state index >= 15 is 0 Å². The lowest BCUT2D eigenvalue weighted by molar-refractivity contribution is 0.267. The van der Waals surface area contributed by atoms with E-state index in [9.17, 15) is 0 Å². The van der Waals surface area contributed by atoms with Crippen molar-refractivity contribution in [2.75, 3.05) is 6.61 Å². The zero-order valence-electron chi connectivity index (χ0n) is 14.9. The molecule has 0 amide bonds. The molecule has 0 atom stereocenters. The number of halogens is 2. The van der Waals surface area contributed by atoms with E-state index in [1.807, 2.05) is 79.9 Å². The second-order valence-corrected chi connectivity index (χ2v) is 7.54. The quantitative estimate of drug-likeness (QED) is 0.337. The third-order valence-electron chi connectivity index (χ3n) is 3.75. The van der Waals surface area contributed by atoms with Crippen molar-refractivity contribution in [2.45, 2.75) is 13.5 Å². The van der Waals surface area contributed by atoms with Crippen LogP contribution in [0.5, 0.6) is 11.5 Å². The zero-order valence-corrected chi connectivity index (χ0v) is 18.0. The Morgan fingerprint density at radius 3 is 2.37 bits per heavy atom. The van der Waals surface area contributed by atoms with Crippen LogP contribution in [0.4, 0.5) is 5.69 Å². The Morgan fingerprint density at radius 1 is 0.926 bits per heavy atom. The van der Waals surface area contributed by atoms with Gasteiger partial charge in [0.15, 0.2) is 11.5 Å². The first kappa shape index (κ1) is 19.6. The van der Waals surface area contributed by atoms with Gasteiger partial charge in [0.1, 0.15) is 6.61 Å². The monoisotopic (exact) mass is 487 g/mol. The van der Waals surface area contributed by atoms with Crippen LogP contribution in [-0.2, 0) is 6.61 Å². The Kier molecular flexibility index (Phi) is 7.07. The van der Waals surface area contributed by atoms with Crippen molar-refractivity contribution in [2.24, 2.45) is 4.99 Å². The molecule has 0 N–H and O–H groups in total. The Labute approximate surface area is 176 Å². The van der Waals surface area contributed by atoms with E-state index in [0.717, 1.165) is 25.8 Å². The van der Waals surface area contributed by atoms with E-state index < -0.39 is 0 Å². The molecule has 138 valence electrons. The van der Waals surface area contributed by atoms with Gasteiger partial charge < -0.3 is 9.47 Å². The normalized spacial score (nSPS) is 10.9. The molecule has 0 bridgehead atoms. The Bertz CT molecular complexity index is 910. The predicted molar refractivity (Wildman–Crippen MR) is 117 cm³/mol. The summed E-state index contributed by atoms with van der Waals surface area (Å²) in [5.74, 6) is 1.38. The van der Waals surface area contributed by atoms with Gasteiger partial charge in [-0.1, -0.05) is 46.3 Å². The summed E-state index contributed by atoms with van der Waals surface area (Å²) in [7, 11) is 0. The van der Waals surface area contributed by atoms with Gasteiger partial charge in [-0.2, -0.15) is 0 Å². The molecule has 0 saturated carbocycles. The highest BCUT2D eigenvalue weighted by Crippen LogP contribution is 2.37. The second kappa shape index (κ2) is 9.72. The minimum absolute atomic E-state index is 0.462. The van der Waals surface area contributed by atoms with Crippen molar-refractivity contribution in [1.82, 2.24) is 0 Å². The molecule has 27 heavy (non-hydrogen) atoms. The number of ether oxygens (including phenoxy) is 2. The molecule has 0 aliphatic heterocycles. The smallest absolute Gasteiger partial charge is 0.175 e. The number of hydrogen-bond donors (Lipinski definition) is 0. The molecule has 0 heterocycles. The van der Waals surface area contributed by atoms with Crippen molar-refractivity contribution in [1.29, 1.82) is 0 Å². The van der Waals surface area contributed by atoms with Crippen molar-refractivity contribution in [3.63, 3.8) is 0 Å². The molecule has 0 unspecified atom stereocenters. The Morgan fingerprint density at radius 2 is 1.67 bits per heavy atom. The van der Waals surface area contributed by atoms with Gasteiger partial charge in [0.2, 0.25) is 0 Å². The van der Waals surface area contributed by atoms with Crippen LogP contribution in [0.2, 0.25) is 0 Å². The maximum absolute atomic E-state index is 6.03. The summed E-state index contributed by atoms with van der Waals surface area (Å²) >= 11 is 7.05. The van der Waals surface area contributed by atoms with E-state index in [-0.39, 0.29) is 0 Å². The van der Waals surface area contributed by atoms with Crippen molar-refractivity contribution >= 4 is 43.8 Å². The standard InChI is InChI=1S/C22H19Br2NO2/c1-2-26-21-13-17(14-25-19-6-4-3-5-7-19)12-20(24)22(21)27-15-16-8-10-18(23)11-9-16/h3-14H,2,15H2,1H3. The summed E-state index contributed by atoms with van der Waals surface area (Å²) in [5, 5.41) is 0. The molecule has 0 saturated heterocycles. The molecule has 0 aliphatic rings. The average molecular weight is 489 g/mol. The fraction of sp³-hybridized carbons (Fsp3) is 0.136. The van der Waals surface area contributed by atoms with Gasteiger partial charge >= 0.3 is 0 Å². The maximum Gasteiger partial charge on any atom is 0.175 e. The first-order valence-corrected chi connectivity index (χ1v) is 10.2. The molecule has 3 nitrogen and oxygen atoms in total. The Balaban J connectivity index is 1.81. The highest BCUT2D eigenvalue weighted by atomic mass is 79.9. The highest BCUT2D eigenvalue weighted by molar-refractivity contribution is 9.10. The topological polar surface area (TPSA) is 30.8 Å². The van der Waals surface area contributed by atoms with Crippen LogP contribution >= 0.6 is 31.9 Å². The minimum atomic E-state index is 0.462. The van der Waals surface area contributed by atoms with E-state index in [1.165, 1.54) is 0 Å². The molecular weight excluding hydrogens is 470 g/mol. The number of aliphatic imine (C=N–C) groups is 1. The first-order chi connectivity index (χ1) is 13.2. The zero-order chi connectivity index (χ0) is 19.1. The number of hydrogen-bond acceptors (Lipinski definition) is 3. The lowest BCUT2D eigenvalue weighted by Gasteiger charge is -2.14. The average Bonchev–Trinajstić information content (AvgIpc) is 2.68. The molecule has 0 aliphatic carbocycles. The summed E-state index contributed by atoms with van der Waals surface area (Å²) in [4.78, 5) is 4.50. The third kappa shape index (κ3) is 5.68. The number of para-hydroxylation sites is 1. The largest absolute Gasteiger partial charge is 0.490 e. The maximum atomic E-state index is 6.03. The molecule has 3 rings (SSSR count). The van der Waals surface area contributed by atoms with Gasteiger partial charge in [0, 0.05) is 10.7 Å². The highest BCUT2D eigenvalue weighted by Gasteiger charge is 2.12. The van der Waals surface area contributed by atoms with Crippen LogP contribution in [0.3, 0.4) is 0 Å². The molecule has 0 spiro atoms. The summed E-state index contributed by atoms with van der Waals surface area (Å²) in [6.45, 7) is 2.97. The summed E-state index contributed by atoms with van der Waals surface area (Å²) in [5.41, 5.74) is 2.93. The summed E-state index contributed by atoms with van der Waals surface area (Å²) in [6, 6.07) is 21.8. The van der Waals surface area contributed by atoms with E-state index in [0.29, 0.717) is 24.7 Å². The van der Waals surface area contributed by atoms with Crippen LogP contribution < -0.4 is 9.47 Å². The van der Waals surface area contributed by atoms with Gasteiger partial charge in [0.25, 0.3) is 0 Å². The van der Waals surface area contributed by atoms with Gasteiger partial charge in [-0.15, -0.1) is 0 Å². The van der Waals surface area contributed by atoms with E-state index in [1.54, 1.807) is 0 Å². The van der Waals surface area contributed by atoms with Gasteiger partial charge in [-0.05, 0) is 70.4 Å². The van der Waals surface area contributed by atoms with E-state index in [4.69, 9.17) is 9.47 Å². The number of benzene rings is 3. The number of rotatable bonds is 7. The predicted octanol–water partition coefficient (Wildman–Crippen LogP) is 6.94. The van der Waals surface area contributed by atoms with Gasteiger partial charge in [0.05, 0.1) is 16.8 Å². The van der Waals surface area contributed by atoms with Gasteiger partial charge in [-0.25, -0.2) is 0 Å². The molecule has 0 fully saturated rings. The number of nitrogens with zero attached hydrogens (tertiary/aromatic N) is 1. The summed E-state index contributed by atoms with van der Waals surface area (Å²) in [6.07, 6.45) is 1.82. The Hall–Kier alpha value is -2.11. The fourth-order valence-corrected chi connectivity index (χ4v) is 3.30. The van der Waals surface area contributed by atoms with Crippen LogP contribution in [0, 0.1) is 0 Å². The second-order valence-electron chi connectivity index (χ2n) is 5.77. The first-order valence-electron chi connectivity index (χ1n) is 8.58. The molecule has 0 aromatic heterocycles. The van der Waals surface area contributed by atoms with Crippen LogP contribution in [0.1, 0.15) is 18.1 Å². The van der Waals surface area contributed by atoms with Crippen molar-refractivity contribution in [3.8, 4) is 11.5 Å². The minimum Gasteiger partial charge on any atom is -0.490 e. The van der Waals surface area contributed by atoms with Crippen LogP contribution in [0.15, 0.2) is 80.7 Å². The van der Waals surface area contributed by atoms with Crippen LogP contribution in [0.25, 0.3) is 0 Å². The fourth-order valence-electron chi connectivity index (χ4n) is 2.46. The molecule has 3 aromatic rings. The van der Waals surface area contributed by atoms with Crippen molar-refractivity contribution < 1.29 is 9.47 Å². The van der Waals surface area contributed by atoms with Gasteiger partial charge in [-0.3, -0.25) is 4.99 Å². The van der Waals surface area contributed by atoms with E-state index in [2.05, 4.69) is 36.9 Å². The molecular formula is C22H19Br2NO2. The van der Waals surface area contributed by atoms with Crippen LogP contribution in [-0.4, -0.2) is 12.8 Å². The SMILES string of the molecule is CCOc1cc(C=Nc2ccccc2)cc(Br)c1OCc1ccc(Br)cc1. The van der Waals surface area contributed by atoms with Crippen molar-refractivity contribution in [3.05, 3.63) is 86.8 Å². The third-order valence-corrected chi connectivity index (χ3v) is 4.86. The molecule has 3 aromatic carbocycles.